The quantitative estimate of drug-likeness (QED) is 0.733. The Labute approximate surface area is 122 Å². The van der Waals surface area contributed by atoms with Gasteiger partial charge in [0.15, 0.2) is 0 Å². The maximum Gasteiger partial charge on any atom is 0.120 e. The van der Waals surface area contributed by atoms with Gasteiger partial charge >= 0.3 is 0 Å². The maximum absolute atomic E-state index is 5.71. The molecular weight excluding hydrogens is 304 g/mol. The van der Waals surface area contributed by atoms with Crippen molar-refractivity contribution in [3.8, 4) is 11.5 Å². The summed E-state index contributed by atoms with van der Waals surface area (Å²) in [6.07, 6.45) is 0. The molecule has 0 aromatic heterocycles. The predicted octanol–water partition coefficient (Wildman–Crippen LogP) is 4.43. The summed E-state index contributed by atoms with van der Waals surface area (Å²) >= 11 is 3.45. The number of benzene rings is 2. The van der Waals surface area contributed by atoms with Crippen LogP contribution in [0.1, 0.15) is 12.5 Å². The number of rotatable bonds is 6. The molecule has 3 heteroatoms. The van der Waals surface area contributed by atoms with E-state index in [1.165, 1.54) is 0 Å². The zero-order chi connectivity index (χ0) is 13.5. The average molecular weight is 321 g/mol. The number of hydrogen-bond donors (Lipinski definition) is 0. The highest BCUT2D eigenvalue weighted by Gasteiger charge is 1.99. The lowest BCUT2D eigenvalue weighted by Crippen LogP contribution is -2.06. The minimum absolute atomic E-state index is 0.349. The van der Waals surface area contributed by atoms with Crippen molar-refractivity contribution in [3.63, 3.8) is 0 Å². The molecule has 2 aromatic carbocycles. The van der Waals surface area contributed by atoms with Crippen LogP contribution < -0.4 is 9.47 Å². The lowest BCUT2D eigenvalue weighted by atomic mass is 10.2. The van der Waals surface area contributed by atoms with Crippen LogP contribution in [-0.4, -0.2) is 11.4 Å². The summed E-state index contributed by atoms with van der Waals surface area (Å²) in [7, 11) is 0. The number of alkyl halides is 1. The third-order valence-electron chi connectivity index (χ3n) is 2.55. The van der Waals surface area contributed by atoms with Crippen molar-refractivity contribution < 1.29 is 9.47 Å². The second kappa shape index (κ2) is 7.19. The molecular formula is C16H17BrO2. The van der Waals surface area contributed by atoms with E-state index in [2.05, 4.69) is 35.0 Å². The molecule has 19 heavy (non-hydrogen) atoms. The molecule has 2 rings (SSSR count). The number of ether oxygens (including phenoxy) is 2. The fourth-order valence-corrected chi connectivity index (χ4v) is 1.72. The molecule has 0 heterocycles. The van der Waals surface area contributed by atoms with Crippen LogP contribution in [0.15, 0.2) is 54.6 Å². The fraction of sp³-hybridized carbons (Fsp3) is 0.250. The third kappa shape index (κ3) is 4.95. The minimum Gasteiger partial charge on any atom is -0.492 e. The SMILES string of the molecule is CC(Br)COc1ccc(OCc2ccccc2)cc1. The van der Waals surface area contributed by atoms with E-state index in [9.17, 15) is 0 Å². The summed E-state index contributed by atoms with van der Waals surface area (Å²) < 4.78 is 11.3. The van der Waals surface area contributed by atoms with E-state index in [4.69, 9.17) is 9.47 Å². The summed E-state index contributed by atoms with van der Waals surface area (Å²) in [5, 5.41) is 0. The first-order chi connectivity index (χ1) is 9.24. The fourth-order valence-electron chi connectivity index (χ4n) is 1.58. The van der Waals surface area contributed by atoms with Gasteiger partial charge in [0.1, 0.15) is 24.7 Å². The van der Waals surface area contributed by atoms with E-state index in [0.717, 1.165) is 17.1 Å². The highest BCUT2D eigenvalue weighted by atomic mass is 79.9. The van der Waals surface area contributed by atoms with Crippen LogP contribution in [0.3, 0.4) is 0 Å². The van der Waals surface area contributed by atoms with Gasteiger partial charge in [0, 0.05) is 4.83 Å². The van der Waals surface area contributed by atoms with Gasteiger partial charge in [-0.3, -0.25) is 0 Å². The van der Waals surface area contributed by atoms with Gasteiger partial charge in [-0.15, -0.1) is 0 Å². The Balaban J connectivity index is 1.85. The van der Waals surface area contributed by atoms with Crippen LogP contribution in [0.5, 0.6) is 11.5 Å². The van der Waals surface area contributed by atoms with E-state index >= 15 is 0 Å². The Morgan fingerprint density at radius 3 is 2.05 bits per heavy atom. The molecule has 0 bridgehead atoms. The molecule has 0 aliphatic rings. The molecule has 2 nitrogen and oxygen atoms in total. The molecule has 0 aliphatic carbocycles. The monoisotopic (exact) mass is 320 g/mol. The molecule has 2 aromatic rings. The molecule has 0 fully saturated rings. The molecule has 1 unspecified atom stereocenters. The van der Waals surface area contributed by atoms with Crippen LogP contribution in [-0.2, 0) is 6.61 Å². The van der Waals surface area contributed by atoms with E-state index in [1.807, 2.05) is 42.5 Å². The minimum atomic E-state index is 0.349. The third-order valence-corrected chi connectivity index (χ3v) is 2.82. The van der Waals surface area contributed by atoms with Gasteiger partial charge in [0.05, 0.1) is 0 Å². The number of hydrogen-bond acceptors (Lipinski definition) is 2. The lowest BCUT2D eigenvalue weighted by molar-refractivity contribution is 0.302. The van der Waals surface area contributed by atoms with Gasteiger partial charge in [0.25, 0.3) is 0 Å². The van der Waals surface area contributed by atoms with Gasteiger partial charge in [-0.25, -0.2) is 0 Å². The van der Waals surface area contributed by atoms with Crippen LogP contribution in [0, 0.1) is 0 Å². The van der Waals surface area contributed by atoms with Crippen molar-refractivity contribution in [2.75, 3.05) is 6.61 Å². The Morgan fingerprint density at radius 2 is 1.47 bits per heavy atom. The Hall–Kier alpha value is -1.48. The van der Waals surface area contributed by atoms with Crippen molar-refractivity contribution in [2.24, 2.45) is 0 Å². The molecule has 0 saturated heterocycles. The van der Waals surface area contributed by atoms with Crippen molar-refractivity contribution in [2.45, 2.75) is 18.4 Å². The zero-order valence-corrected chi connectivity index (χ0v) is 12.5. The van der Waals surface area contributed by atoms with Crippen molar-refractivity contribution in [1.29, 1.82) is 0 Å². The van der Waals surface area contributed by atoms with Gasteiger partial charge in [0.2, 0.25) is 0 Å². The summed E-state index contributed by atoms with van der Waals surface area (Å²) in [6, 6.07) is 17.8. The van der Waals surface area contributed by atoms with E-state index in [-0.39, 0.29) is 0 Å². The Morgan fingerprint density at radius 1 is 0.895 bits per heavy atom. The molecule has 0 N–H and O–H groups in total. The number of halogens is 1. The Kier molecular flexibility index (Phi) is 5.28. The smallest absolute Gasteiger partial charge is 0.120 e. The highest BCUT2D eigenvalue weighted by Crippen LogP contribution is 2.19. The molecule has 0 saturated carbocycles. The van der Waals surface area contributed by atoms with E-state index in [1.54, 1.807) is 0 Å². The second-order valence-electron chi connectivity index (χ2n) is 4.34. The van der Waals surface area contributed by atoms with Gasteiger partial charge in [-0.1, -0.05) is 46.3 Å². The first kappa shape index (κ1) is 13.9. The molecule has 0 aliphatic heterocycles. The van der Waals surface area contributed by atoms with Crippen LogP contribution in [0.25, 0.3) is 0 Å². The molecule has 0 spiro atoms. The van der Waals surface area contributed by atoms with Gasteiger partial charge in [-0.05, 0) is 36.8 Å². The average Bonchev–Trinajstić information content (AvgIpc) is 2.45. The van der Waals surface area contributed by atoms with E-state index in [0.29, 0.717) is 18.0 Å². The molecule has 1 atom stereocenters. The highest BCUT2D eigenvalue weighted by molar-refractivity contribution is 9.09. The summed E-state index contributed by atoms with van der Waals surface area (Å²) in [5.74, 6) is 1.71. The lowest BCUT2D eigenvalue weighted by Gasteiger charge is -2.09. The van der Waals surface area contributed by atoms with Crippen molar-refractivity contribution in [3.05, 3.63) is 60.2 Å². The van der Waals surface area contributed by atoms with Crippen LogP contribution in [0.2, 0.25) is 0 Å². The first-order valence-corrected chi connectivity index (χ1v) is 7.19. The van der Waals surface area contributed by atoms with Gasteiger partial charge < -0.3 is 9.47 Å². The summed E-state index contributed by atoms with van der Waals surface area (Å²) in [5.41, 5.74) is 1.16. The maximum atomic E-state index is 5.71. The predicted molar refractivity (Wildman–Crippen MR) is 81.1 cm³/mol. The van der Waals surface area contributed by atoms with Crippen LogP contribution >= 0.6 is 15.9 Å². The van der Waals surface area contributed by atoms with Gasteiger partial charge in [-0.2, -0.15) is 0 Å². The second-order valence-corrected chi connectivity index (χ2v) is 5.90. The standard InChI is InChI=1S/C16H17BrO2/c1-13(17)11-18-15-7-9-16(10-8-15)19-12-14-5-3-2-4-6-14/h2-10,13H,11-12H2,1H3. The first-order valence-electron chi connectivity index (χ1n) is 6.28. The zero-order valence-electron chi connectivity index (χ0n) is 10.9. The van der Waals surface area contributed by atoms with Crippen LogP contribution in [0.4, 0.5) is 0 Å². The molecule has 100 valence electrons. The molecule has 0 amide bonds. The van der Waals surface area contributed by atoms with Crippen molar-refractivity contribution >= 4 is 15.9 Å². The molecule has 0 radical (unpaired) electrons. The van der Waals surface area contributed by atoms with E-state index < -0.39 is 0 Å². The largest absolute Gasteiger partial charge is 0.492 e. The summed E-state index contributed by atoms with van der Waals surface area (Å²) in [4.78, 5) is 0.349. The topological polar surface area (TPSA) is 18.5 Å². The van der Waals surface area contributed by atoms with Crippen molar-refractivity contribution in [1.82, 2.24) is 0 Å². The Bertz CT molecular complexity index is 480. The summed E-state index contributed by atoms with van der Waals surface area (Å²) in [6.45, 7) is 3.29. The normalized spacial score (nSPS) is 11.9.